The monoisotopic (exact) mass is 245 g/mol. The molecule has 0 amide bonds. The zero-order chi connectivity index (χ0) is 12.0. The highest BCUT2D eigenvalue weighted by Gasteiger charge is 2.25. The summed E-state index contributed by atoms with van der Waals surface area (Å²) in [5.41, 5.74) is 0. The van der Waals surface area contributed by atoms with Crippen LogP contribution >= 0.6 is 0 Å². The molecule has 4 atom stereocenters. The van der Waals surface area contributed by atoms with Gasteiger partial charge in [0.25, 0.3) is 0 Å². The number of rotatable bonds is 6. The molecule has 1 saturated carbocycles. The molecule has 4 unspecified atom stereocenters. The van der Waals surface area contributed by atoms with Crippen molar-refractivity contribution in [3.05, 3.63) is 0 Å². The van der Waals surface area contributed by atoms with Gasteiger partial charge in [0.15, 0.2) is 0 Å². The maximum absolute atomic E-state index is 11.8. The van der Waals surface area contributed by atoms with Crippen LogP contribution in [0.5, 0.6) is 0 Å². The molecule has 3 heteroatoms. The Kier molecular flexibility index (Phi) is 6.59. The minimum atomic E-state index is -0.593. The summed E-state index contributed by atoms with van der Waals surface area (Å²) in [6.07, 6.45) is 7.29. The number of hydrogen-bond acceptors (Lipinski definition) is 2. The Bertz CT molecular complexity index is 220. The van der Waals surface area contributed by atoms with E-state index >= 15 is 0 Å². The molecule has 0 aliphatic heterocycles. The molecule has 2 nitrogen and oxygen atoms in total. The summed E-state index contributed by atoms with van der Waals surface area (Å²) in [6, 6.07) is 1.22. The average molecular weight is 245 g/mol. The van der Waals surface area contributed by atoms with Crippen molar-refractivity contribution < 1.29 is 4.21 Å². The molecule has 96 valence electrons. The van der Waals surface area contributed by atoms with Gasteiger partial charge in [0.05, 0.1) is 0 Å². The molecule has 0 heterocycles. The van der Waals surface area contributed by atoms with Gasteiger partial charge < -0.3 is 5.32 Å². The Hall–Kier alpha value is 0.110. The van der Waals surface area contributed by atoms with Gasteiger partial charge in [-0.25, -0.2) is 0 Å². The Morgan fingerprint density at radius 3 is 2.75 bits per heavy atom. The third-order valence-corrected chi connectivity index (χ3v) is 5.27. The van der Waals surface area contributed by atoms with E-state index in [1.807, 2.05) is 6.92 Å². The van der Waals surface area contributed by atoms with Gasteiger partial charge in [-0.3, -0.25) is 4.21 Å². The molecule has 1 N–H and O–H groups in total. The summed E-state index contributed by atoms with van der Waals surface area (Å²) >= 11 is 0. The molecule has 1 rings (SSSR count). The predicted octanol–water partition coefficient (Wildman–Crippen LogP) is 2.84. The van der Waals surface area contributed by atoms with Crippen molar-refractivity contribution in [2.45, 2.75) is 76.6 Å². The Balaban J connectivity index is 2.35. The van der Waals surface area contributed by atoms with Crippen molar-refractivity contribution in [2.75, 3.05) is 5.75 Å². The van der Waals surface area contributed by atoms with Gasteiger partial charge in [-0.1, -0.05) is 26.7 Å². The Labute approximate surface area is 103 Å². The predicted molar refractivity (Wildman–Crippen MR) is 72.2 cm³/mol. The molecular weight excluding hydrogens is 218 g/mol. The molecule has 1 aliphatic carbocycles. The van der Waals surface area contributed by atoms with Crippen molar-refractivity contribution in [1.29, 1.82) is 0 Å². The fourth-order valence-corrected chi connectivity index (χ4v) is 4.04. The number of hydrogen-bond donors (Lipinski definition) is 1. The van der Waals surface area contributed by atoms with Crippen LogP contribution in [0.4, 0.5) is 0 Å². The van der Waals surface area contributed by atoms with Crippen molar-refractivity contribution in [3.63, 3.8) is 0 Å². The van der Waals surface area contributed by atoms with Gasteiger partial charge in [-0.15, -0.1) is 0 Å². The molecule has 0 radical (unpaired) electrons. The summed E-state index contributed by atoms with van der Waals surface area (Å²) in [4.78, 5) is 0. The summed E-state index contributed by atoms with van der Waals surface area (Å²) in [5, 5.41) is 4.14. The van der Waals surface area contributed by atoms with Crippen LogP contribution in [-0.2, 0) is 10.8 Å². The molecule has 0 spiro atoms. The first-order chi connectivity index (χ1) is 7.67. The van der Waals surface area contributed by atoms with E-state index in [0.29, 0.717) is 17.3 Å². The molecule has 0 saturated heterocycles. The van der Waals surface area contributed by atoms with E-state index < -0.39 is 10.8 Å². The summed E-state index contributed by atoms with van der Waals surface area (Å²) in [7, 11) is -0.593. The van der Waals surface area contributed by atoms with Crippen LogP contribution in [0.25, 0.3) is 0 Å². The third kappa shape index (κ3) is 4.54. The lowest BCUT2D eigenvalue weighted by atomic mass is 9.94. The van der Waals surface area contributed by atoms with E-state index in [0.717, 1.165) is 12.2 Å². The van der Waals surface area contributed by atoms with E-state index in [9.17, 15) is 4.21 Å². The van der Waals surface area contributed by atoms with E-state index in [2.05, 4.69) is 19.2 Å². The molecule has 1 fully saturated rings. The van der Waals surface area contributed by atoms with E-state index in [1.165, 1.54) is 32.1 Å². The quantitative estimate of drug-likeness (QED) is 0.779. The molecule has 16 heavy (non-hydrogen) atoms. The van der Waals surface area contributed by atoms with Crippen molar-refractivity contribution in [2.24, 2.45) is 0 Å². The fraction of sp³-hybridized carbons (Fsp3) is 1.00. The van der Waals surface area contributed by atoms with Crippen LogP contribution in [-0.4, -0.2) is 27.3 Å². The first-order valence-electron chi connectivity index (χ1n) is 6.80. The SMILES string of the molecule is CCCC(C)NC1CCCC(S(=O)CC)C1. The second kappa shape index (κ2) is 7.44. The highest BCUT2D eigenvalue weighted by Crippen LogP contribution is 2.23. The van der Waals surface area contributed by atoms with E-state index in [1.54, 1.807) is 0 Å². The molecule has 0 aromatic rings. The second-order valence-corrected chi connectivity index (χ2v) is 7.02. The second-order valence-electron chi connectivity index (χ2n) is 5.01. The summed E-state index contributed by atoms with van der Waals surface area (Å²) in [6.45, 7) is 6.53. The Morgan fingerprint density at radius 2 is 2.12 bits per heavy atom. The first kappa shape index (κ1) is 14.2. The van der Waals surface area contributed by atoms with Crippen LogP contribution in [0, 0.1) is 0 Å². The van der Waals surface area contributed by atoms with E-state index in [4.69, 9.17) is 0 Å². The Morgan fingerprint density at radius 1 is 1.38 bits per heavy atom. The fourth-order valence-electron chi connectivity index (χ4n) is 2.69. The van der Waals surface area contributed by atoms with Gasteiger partial charge in [0.2, 0.25) is 0 Å². The van der Waals surface area contributed by atoms with Crippen molar-refractivity contribution in [3.8, 4) is 0 Å². The minimum absolute atomic E-state index is 0.449. The standard InChI is InChI=1S/C13H27NOS/c1-4-7-11(3)14-12-8-6-9-13(10-12)16(15)5-2/h11-14H,4-10H2,1-3H3. The highest BCUT2D eigenvalue weighted by molar-refractivity contribution is 7.85. The van der Waals surface area contributed by atoms with Gasteiger partial charge in [0.1, 0.15) is 0 Å². The molecule has 1 aliphatic rings. The number of nitrogens with one attached hydrogen (secondary N) is 1. The maximum Gasteiger partial charge on any atom is 0.0362 e. The molecule has 0 bridgehead atoms. The zero-order valence-corrected chi connectivity index (χ0v) is 11.8. The zero-order valence-electron chi connectivity index (χ0n) is 11.0. The van der Waals surface area contributed by atoms with Crippen molar-refractivity contribution in [1.82, 2.24) is 5.32 Å². The smallest absolute Gasteiger partial charge is 0.0362 e. The van der Waals surface area contributed by atoms with Gasteiger partial charge in [-0.05, 0) is 32.6 Å². The van der Waals surface area contributed by atoms with Crippen LogP contribution in [0.1, 0.15) is 59.3 Å². The van der Waals surface area contributed by atoms with E-state index in [-0.39, 0.29) is 0 Å². The third-order valence-electron chi connectivity index (χ3n) is 3.52. The molecule has 0 aromatic heterocycles. The lowest BCUT2D eigenvalue weighted by molar-refractivity contribution is 0.338. The minimum Gasteiger partial charge on any atom is -0.311 e. The van der Waals surface area contributed by atoms with Crippen LogP contribution in [0.15, 0.2) is 0 Å². The van der Waals surface area contributed by atoms with Gasteiger partial charge in [0, 0.05) is 33.9 Å². The maximum atomic E-state index is 11.8. The largest absolute Gasteiger partial charge is 0.311 e. The highest BCUT2D eigenvalue weighted by atomic mass is 32.2. The lowest BCUT2D eigenvalue weighted by Gasteiger charge is -2.31. The summed E-state index contributed by atoms with van der Waals surface area (Å²) < 4.78 is 11.8. The van der Waals surface area contributed by atoms with Gasteiger partial charge in [-0.2, -0.15) is 0 Å². The van der Waals surface area contributed by atoms with Crippen LogP contribution in [0.3, 0.4) is 0 Å². The van der Waals surface area contributed by atoms with Crippen LogP contribution < -0.4 is 5.32 Å². The summed E-state index contributed by atoms with van der Waals surface area (Å²) in [5.74, 6) is 0.821. The topological polar surface area (TPSA) is 29.1 Å². The van der Waals surface area contributed by atoms with Crippen molar-refractivity contribution >= 4 is 10.8 Å². The lowest BCUT2D eigenvalue weighted by Crippen LogP contribution is -2.42. The van der Waals surface area contributed by atoms with Gasteiger partial charge >= 0.3 is 0 Å². The normalized spacial score (nSPS) is 29.9. The average Bonchev–Trinajstić information content (AvgIpc) is 2.28. The first-order valence-corrected chi connectivity index (χ1v) is 8.18. The van der Waals surface area contributed by atoms with Crippen LogP contribution in [0.2, 0.25) is 0 Å². The molecular formula is C13H27NOS. The molecule has 0 aromatic carbocycles.